The molecule has 1 N–H and O–H groups in total. The Balaban J connectivity index is 1.51. The molecule has 1 saturated carbocycles. The second-order valence-electron chi connectivity index (χ2n) is 8.96. The van der Waals surface area contributed by atoms with Gasteiger partial charge in [0.1, 0.15) is 0 Å². The third kappa shape index (κ3) is 5.34. The lowest BCUT2D eigenvalue weighted by Crippen LogP contribution is -2.33. The van der Waals surface area contributed by atoms with Crippen LogP contribution < -0.4 is 4.72 Å². The molecule has 1 saturated heterocycles. The zero-order valence-electron chi connectivity index (χ0n) is 18.3. The molecule has 164 valence electrons. The van der Waals surface area contributed by atoms with Crippen LogP contribution in [0.1, 0.15) is 36.0 Å². The Labute approximate surface area is 185 Å². The zero-order valence-corrected chi connectivity index (χ0v) is 19.1. The molecule has 1 aliphatic carbocycles. The Kier molecular flexibility index (Phi) is 6.18. The van der Waals surface area contributed by atoms with Gasteiger partial charge in [-0.1, -0.05) is 36.4 Å². The molecular formula is C24H30N4O2S. The van der Waals surface area contributed by atoms with Gasteiger partial charge in [-0.25, -0.2) is 13.1 Å². The fourth-order valence-corrected chi connectivity index (χ4v) is 5.48. The van der Waals surface area contributed by atoms with Crippen molar-refractivity contribution < 1.29 is 8.42 Å². The molecule has 0 radical (unpaired) electrons. The quantitative estimate of drug-likeness (QED) is 0.751. The maximum Gasteiger partial charge on any atom is 0.209 e. The first-order chi connectivity index (χ1) is 14.8. The number of hydrogen-bond acceptors (Lipinski definition) is 5. The lowest BCUT2D eigenvalue weighted by Gasteiger charge is -2.20. The molecule has 31 heavy (non-hydrogen) atoms. The Morgan fingerprint density at radius 2 is 1.81 bits per heavy atom. The van der Waals surface area contributed by atoms with Crippen molar-refractivity contribution in [3.05, 3.63) is 59.2 Å². The monoisotopic (exact) mass is 438 g/mol. The molecule has 2 aromatic carbocycles. The van der Waals surface area contributed by atoms with Gasteiger partial charge in [0, 0.05) is 19.6 Å². The summed E-state index contributed by atoms with van der Waals surface area (Å²) in [6, 6.07) is 16.4. The maximum atomic E-state index is 11.7. The van der Waals surface area contributed by atoms with Crippen LogP contribution in [0.2, 0.25) is 0 Å². The molecule has 0 spiro atoms. The minimum Gasteiger partial charge on any atom is -0.305 e. The molecule has 0 unspecified atom stereocenters. The van der Waals surface area contributed by atoms with Crippen molar-refractivity contribution in [1.29, 1.82) is 5.26 Å². The molecule has 2 fully saturated rings. The van der Waals surface area contributed by atoms with Gasteiger partial charge in [0.15, 0.2) is 0 Å². The fourth-order valence-electron chi connectivity index (χ4n) is 4.45. The van der Waals surface area contributed by atoms with Gasteiger partial charge in [-0.15, -0.1) is 0 Å². The van der Waals surface area contributed by atoms with E-state index in [0.29, 0.717) is 5.56 Å². The molecule has 6 nitrogen and oxygen atoms in total. The third-order valence-electron chi connectivity index (χ3n) is 6.30. The predicted octanol–water partition coefficient (Wildman–Crippen LogP) is 2.90. The number of nitrogens with one attached hydrogen (secondary N) is 1. The summed E-state index contributed by atoms with van der Waals surface area (Å²) in [5.74, 6) is 0. The Morgan fingerprint density at radius 1 is 1.06 bits per heavy atom. The van der Waals surface area contributed by atoms with Crippen molar-refractivity contribution in [2.45, 2.75) is 31.3 Å². The number of benzene rings is 2. The summed E-state index contributed by atoms with van der Waals surface area (Å²) in [7, 11) is -1.10. The Bertz CT molecular complexity index is 1090. The van der Waals surface area contributed by atoms with Crippen LogP contribution in [0, 0.1) is 11.3 Å². The fraction of sp³-hybridized carbons (Fsp3) is 0.458. The van der Waals surface area contributed by atoms with Crippen molar-refractivity contribution in [3.8, 4) is 17.2 Å². The van der Waals surface area contributed by atoms with Crippen molar-refractivity contribution in [2.75, 3.05) is 39.5 Å². The van der Waals surface area contributed by atoms with Crippen LogP contribution in [0.25, 0.3) is 11.1 Å². The third-order valence-corrected chi connectivity index (χ3v) is 7.06. The summed E-state index contributed by atoms with van der Waals surface area (Å²) in [5.41, 5.74) is 4.23. The van der Waals surface area contributed by atoms with E-state index in [0.717, 1.165) is 67.8 Å². The predicted molar refractivity (Wildman–Crippen MR) is 123 cm³/mol. The summed E-state index contributed by atoms with van der Waals surface area (Å²) in [5, 5.41) is 9.76. The van der Waals surface area contributed by atoms with Crippen LogP contribution >= 0.6 is 0 Å². The standard InChI is InChI=1S/C24H30N4O2S/c1-27-12-3-13-28(15-14-27)18-19-4-9-23(21(16-19)17-25)20-5-7-22(8-6-20)24(10-11-24)26-31(2,29)30/h4-9,16,26H,3,10-15,18H2,1-2H3. The lowest BCUT2D eigenvalue weighted by molar-refractivity contribution is 0.269. The highest BCUT2D eigenvalue weighted by molar-refractivity contribution is 7.88. The first-order valence-electron chi connectivity index (χ1n) is 10.8. The number of nitriles is 1. The lowest BCUT2D eigenvalue weighted by atomic mass is 9.95. The van der Waals surface area contributed by atoms with Crippen LogP contribution in [0.5, 0.6) is 0 Å². The van der Waals surface area contributed by atoms with Gasteiger partial charge >= 0.3 is 0 Å². The van der Waals surface area contributed by atoms with E-state index in [-0.39, 0.29) is 0 Å². The summed E-state index contributed by atoms with van der Waals surface area (Å²) < 4.78 is 26.1. The number of hydrogen-bond donors (Lipinski definition) is 1. The molecule has 2 aliphatic rings. The van der Waals surface area contributed by atoms with E-state index < -0.39 is 15.6 Å². The Hall–Kier alpha value is -2.24. The topological polar surface area (TPSA) is 76.4 Å². The number of sulfonamides is 1. The van der Waals surface area contributed by atoms with Gasteiger partial charge in [0.05, 0.1) is 23.4 Å². The molecule has 1 aliphatic heterocycles. The minimum absolute atomic E-state index is 0.463. The van der Waals surface area contributed by atoms with Crippen LogP contribution in [0.3, 0.4) is 0 Å². The van der Waals surface area contributed by atoms with E-state index in [1.54, 1.807) is 0 Å². The van der Waals surface area contributed by atoms with E-state index in [4.69, 9.17) is 0 Å². The first-order valence-corrected chi connectivity index (χ1v) is 12.7. The first kappa shape index (κ1) is 22.0. The van der Waals surface area contributed by atoms with E-state index in [9.17, 15) is 13.7 Å². The number of rotatable bonds is 6. The van der Waals surface area contributed by atoms with E-state index in [1.807, 2.05) is 36.4 Å². The van der Waals surface area contributed by atoms with Crippen LogP contribution in [0.15, 0.2) is 42.5 Å². The summed E-state index contributed by atoms with van der Waals surface area (Å²) >= 11 is 0. The molecule has 7 heteroatoms. The molecule has 4 rings (SSSR count). The summed E-state index contributed by atoms with van der Waals surface area (Å²) in [6.07, 6.45) is 3.99. The van der Waals surface area contributed by atoms with Crippen LogP contribution in [0.4, 0.5) is 0 Å². The average Bonchev–Trinajstić information content (AvgIpc) is 3.53. The number of nitrogens with zero attached hydrogens (tertiary/aromatic N) is 3. The largest absolute Gasteiger partial charge is 0.305 e. The highest BCUT2D eigenvalue weighted by atomic mass is 32.2. The van der Waals surface area contributed by atoms with Crippen LogP contribution in [-0.2, 0) is 22.1 Å². The summed E-state index contributed by atoms with van der Waals surface area (Å²) in [4.78, 5) is 4.82. The van der Waals surface area contributed by atoms with Gasteiger partial charge in [-0.2, -0.15) is 5.26 Å². The highest BCUT2D eigenvalue weighted by Crippen LogP contribution is 2.46. The second-order valence-corrected chi connectivity index (χ2v) is 10.7. The van der Waals surface area contributed by atoms with Gasteiger partial charge < -0.3 is 4.90 Å². The van der Waals surface area contributed by atoms with Crippen LogP contribution in [-0.4, -0.2) is 57.7 Å². The van der Waals surface area contributed by atoms with Crippen molar-refractivity contribution >= 4 is 10.0 Å². The Morgan fingerprint density at radius 3 is 2.45 bits per heavy atom. The minimum atomic E-state index is -3.26. The van der Waals surface area contributed by atoms with E-state index in [2.05, 4.69) is 33.7 Å². The van der Waals surface area contributed by atoms with Gasteiger partial charge in [-0.05, 0) is 67.7 Å². The molecule has 0 aromatic heterocycles. The van der Waals surface area contributed by atoms with Gasteiger partial charge in [0.25, 0.3) is 0 Å². The van der Waals surface area contributed by atoms with Gasteiger partial charge in [0.2, 0.25) is 10.0 Å². The van der Waals surface area contributed by atoms with Crippen molar-refractivity contribution in [2.24, 2.45) is 0 Å². The smallest absolute Gasteiger partial charge is 0.209 e. The summed E-state index contributed by atoms with van der Waals surface area (Å²) in [6.45, 7) is 5.20. The van der Waals surface area contributed by atoms with Crippen molar-refractivity contribution in [1.82, 2.24) is 14.5 Å². The van der Waals surface area contributed by atoms with Crippen molar-refractivity contribution in [3.63, 3.8) is 0 Å². The molecule has 0 bridgehead atoms. The second kappa shape index (κ2) is 8.71. The zero-order chi connectivity index (χ0) is 22.1. The maximum absolute atomic E-state index is 11.7. The molecular weight excluding hydrogens is 408 g/mol. The SMILES string of the molecule is CN1CCCN(Cc2ccc(-c3ccc(C4(NS(C)(=O)=O)CC4)cc3)c(C#N)c2)CC1. The number of likely N-dealkylation sites (N-methyl/N-ethyl adjacent to an activating group) is 1. The van der Waals surface area contributed by atoms with E-state index in [1.165, 1.54) is 12.7 Å². The molecule has 0 amide bonds. The molecule has 2 aromatic rings. The highest BCUT2D eigenvalue weighted by Gasteiger charge is 2.46. The van der Waals surface area contributed by atoms with Gasteiger partial charge in [-0.3, -0.25) is 4.90 Å². The average molecular weight is 439 g/mol. The normalized spacial score (nSPS) is 19.5. The molecule has 0 atom stereocenters. The van der Waals surface area contributed by atoms with E-state index >= 15 is 0 Å². The molecule has 1 heterocycles.